The van der Waals surface area contributed by atoms with Gasteiger partial charge in [0.25, 0.3) is 0 Å². The average Bonchev–Trinajstić information content (AvgIpc) is 3.20. The highest BCUT2D eigenvalue weighted by Gasteiger charge is 2.68. The molecule has 4 atom stereocenters. The molecule has 1 aromatic rings. The maximum absolute atomic E-state index is 12.2. The van der Waals surface area contributed by atoms with Gasteiger partial charge in [-0.25, -0.2) is 0 Å². The summed E-state index contributed by atoms with van der Waals surface area (Å²) in [6.07, 6.45) is 8.31. The number of piperidine rings is 1. The topological polar surface area (TPSA) is 29.1 Å². The third kappa shape index (κ3) is 2.32. The Morgan fingerprint density at radius 3 is 2.89 bits per heavy atom. The molecule has 0 saturated carbocycles. The maximum atomic E-state index is 12.2. The van der Waals surface area contributed by atoms with Crippen molar-refractivity contribution in [2.75, 3.05) is 25.0 Å². The summed E-state index contributed by atoms with van der Waals surface area (Å²) in [4.78, 5) is 12.2. The first kappa shape index (κ1) is 19.2. The molecule has 1 spiro atoms. The lowest BCUT2D eigenvalue weighted by Gasteiger charge is -2.53. The van der Waals surface area contributed by atoms with Crippen LogP contribution in [0.3, 0.4) is 0 Å². The molecule has 5 rings (SSSR count). The first-order valence-electron chi connectivity index (χ1n) is 10.3. The average molecular weight is 476 g/mol. The van der Waals surface area contributed by atoms with Gasteiger partial charge in [0.2, 0.25) is 0 Å². The minimum absolute atomic E-state index is 0. The second kappa shape index (κ2) is 6.73. The summed E-state index contributed by atoms with van der Waals surface area (Å²) in [5, 5.41) is 3.71. The highest BCUT2D eigenvalue weighted by molar-refractivity contribution is 5.84. The van der Waals surface area contributed by atoms with Gasteiger partial charge in [0.1, 0.15) is 18.9 Å². The number of carbonyl (C=O) groups excluding carboxylic acids is 1. The van der Waals surface area contributed by atoms with Gasteiger partial charge >= 0.3 is 0 Å². The molecule has 144 valence electrons. The van der Waals surface area contributed by atoms with Gasteiger partial charge in [-0.2, -0.15) is 0 Å². The van der Waals surface area contributed by atoms with Crippen LogP contribution in [0.2, 0.25) is 0 Å². The number of quaternary nitrogens is 1. The van der Waals surface area contributed by atoms with E-state index in [1.165, 1.54) is 59.4 Å². The van der Waals surface area contributed by atoms with Gasteiger partial charge in [0.15, 0.2) is 0 Å². The molecule has 2 fully saturated rings. The number of halogens is 1. The third-order valence-corrected chi connectivity index (χ3v) is 7.82. The van der Waals surface area contributed by atoms with Crippen molar-refractivity contribution in [1.29, 1.82) is 0 Å². The van der Waals surface area contributed by atoms with Crippen LogP contribution in [0.5, 0.6) is 0 Å². The summed E-state index contributed by atoms with van der Waals surface area (Å²) < 4.78 is 1.23. The molecule has 0 aromatic heterocycles. The van der Waals surface area contributed by atoms with Crippen LogP contribution >= 0.6 is 0 Å². The summed E-state index contributed by atoms with van der Waals surface area (Å²) in [6.45, 7) is 8.12. The maximum Gasteiger partial charge on any atom is 0.148 e. The SMILES string of the molecule is C/C=C1\C[N+]2(CCCC)CCC34C(=C(C=O)[C@H]1CC32)Nc1ccccc14.[I-]. The molecule has 1 N–H and O–H groups in total. The molecule has 4 heteroatoms. The number of benzene rings is 1. The number of nitrogens with one attached hydrogen (secondary N) is 1. The molecule has 3 aliphatic heterocycles. The number of aldehydes is 1. The molecule has 1 aromatic carbocycles. The summed E-state index contributed by atoms with van der Waals surface area (Å²) in [5.41, 5.74) is 6.47. The van der Waals surface area contributed by atoms with Crippen molar-refractivity contribution in [3.8, 4) is 0 Å². The van der Waals surface area contributed by atoms with Crippen molar-refractivity contribution in [3.63, 3.8) is 0 Å². The molecular formula is C23H29IN2O. The molecule has 4 aliphatic rings. The van der Waals surface area contributed by atoms with Crippen molar-refractivity contribution in [3.05, 3.63) is 52.7 Å². The fraction of sp³-hybridized carbons (Fsp3) is 0.522. The van der Waals surface area contributed by atoms with Crippen LogP contribution < -0.4 is 29.3 Å². The van der Waals surface area contributed by atoms with E-state index in [-0.39, 0.29) is 29.4 Å². The van der Waals surface area contributed by atoms with Crippen molar-refractivity contribution in [2.24, 2.45) is 5.92 Å². The largest absolute Gasteiger partial charge is 1.00 e. The van der Waals surface area contributed by atoms with Crippen molar-refractivity contribution < 1.29 is 33.3 Å². The van der Waals surface area contributed by atoms with Crippen molar-refractivity contribution >= 4 is 12.0 Å². The minimum Gasteiger partial charge on any atom is -1.00 e. The van der Waals surface area contributed by atoms with E-state index in [1.807, 2.05) is 0 Å². The van der Waals surface area contributed by atoms with Gasteiger partial charge in [-0.1, -0.05) is 37.6 Å². The van der Waals surface area contributed by atoms with Gasteiger partial charge < -0.3 is 33.8 Å². The first-order valence-corrected chi connectivity index (χ1v) is 10.3. The summed E-state index contributed by atoms with van der Waals surface area (Å²) in [7, 11) is 0. The third-order valence-electron chi connectivity index (χ3n) is 7.82. The Labute approximate surface area is 179 Å². The standard InChI is InChI=1S/C23H28N2O.HI/c1-3-5-11-25-12-10-23-19-8-6-7-9-20(19)24-22(23)18(15-26)17(13-21(23)25)16(4-2)14-25;/h4,6-9,15,17,21H,3,5,10-14H2,1-2H3;1H/b16-4+;/t17-,21?,23?,25?;/m0./s1. The monoisotopic (exact) mass is 476 g/mol. The second-order valence-electron chi connectivity index (χ2n) is 8.69. The summed E-state index contributed by atoms with van der Waals surface area (Å²) in [5.74, 6) is 0.318. The van der Waals surface area contributed by atoms with E-state index in [1.54, 1.807) is 0 Å². The summed E-state index contributed by atoms with van der Waals surface area (Å²) >= 11 is 0. The quantitative estimate of drug-likeness (QED) is 0.306. The highest BCUT2D eigenvalue weighted by atomic mass is 127. The Hall–Kier alpha value is -1.14. The number of anilines is 1. The Morgan fingerprint density at radius 1 is 1.33 bits per heavy atom. The van der Waals surface area contributed by atoms with Gasteiger partial charge in [-0.15, -0.1) is 0 Å². The Kier molecular flexibility index (Phi) is 4.78. The van der Waals surface area contributed by atoms with Crippen LogP contribution in [0.25, 0.3) is 0 Å². The number of nitrogens with zero attached hydrogens (tertiary/aromatic N) is 1. The number of allylic oxidation sites excluding steroid dienone is 2. The van der Waals surface area contributed by atoms with Gasteiger partial charge in [0.05, 0.1) is 18.5 Å². The zero-order chi connectivity index (χ0) is 17.9. The molecule has 3 nitrogen and oxygen atoms in total. The number of carbonyl (C=O) groups is 1. The Morgan fingerprint density at radius 2 is 2.15 bits per heavy atom. The fourth-order valence-corrected chi connectivity index (χ4v) is 6.70. The van der Waals surface area contributed by atoms with Gasteiger partial charge in [-0.05, 0) is 30.5 Å². The molecule has 1 aliphatic carbocycles. The lowest BCUT2D eigenvalue weighted by Crippen LogP contribution is -3.00. The van der Waals surface area contributed by atoms with Crippen LogP contribution in [-0.4, -0.2) is 36.4 Å². The highest BCUT2D eigenvalue weighted by Crippen LogP contribution is 2.63. The predicted molar refractivity (Wildman–Crippen MR) is 105 cm³/mol. The Balaban J connectivity index is 0.00000180. The normalized spacial score (nSPS) is 36.7. The van der Waals surface area contributed by atoms with Crippen molar-refractivity contribution in [1.82, 2.24) is 0 Å². The number of hydrogen-bond donors (Lipinski definition) is 1. The lowest BCUT2D eigenvalue weighted by molar-refractivity contribution is -0.941. The number of rotatable bonds is 4. The fourth-order valence-electron chi connectivity index (χ4n) is 6.70. The smallest absolute Gasteiger partial charge is 0.148 e. The molecule has 0 radical (unpaired) electrons. The van der Waals surface area contributed by atoms with E-state index in [9.17, 15) is 4.79 Å². The van der Waals surface area contributed by atoms with Crippen LogP contribution in [0.15, 0.2) is 47.2 Å². The second-order valence-corrected chi connectivity index (χ2v) is 8.69. The van der Waals surface area contributed by atoms with Gasteiger partial charge in [0, 0.05) is 35.7 Å². The van der Waals surface area contributed by atoms with Crippen LogP contribution in [0, 0.1) is 5.92 Å². The predicted octanol–water partition coefficient (Wildman–Crippen LogP) is 1.18. The molecule has 3 unspecified atom stereocenters. The first-order chi connectivity index (χ1) is 12.7. The number of para-hydroxylation sites is 1. The number of fused-ring (bicyclic) bond motifs is 2. The van der Waals surface area contributed by atoms with Gasteiger partial charge in [-0.3, -0.25) is 4.79 Å². The van der Waals surface area contributed by atoms with E-state index in [4.69, 9.17) is 0 Å². The van der Waals surface area contributed by atoms with E-state index in [0.717, 1.165) is 24.8 Å². The number of unbranched alkanes of at least 4 members (excludes halogenated alkanes) is 1. The zero-order valence-corrected chi connectivity index (χ0v) is 18.5. The van der Waals surface area contributed by atoms with Crippen LogP contribution in [0.4, 0.5) is 5.69 Å². The molecule has 2 bridgehead atoms. The van der Waals surface area contributed by atoms with E-state index >= 15 is 0 Å². The lowest BCUT2D eigenvalue weighted by atomic mass is 9.61. The molecule has 3 heterocycles. The summed E-state index contributed by atoms with van der Waals surface area (Å²) in [6, 6.07) is 9.39. The van der Waals surface area contributed by atoms with Crippen molar-refractivity contribution in [2.45, 2.75) is 51.0 Å². The molecular weight excluding hydrogens is 447 g/mol. The minimum atomic E-state index is 0. The van der Waals surface area contributed by atoms with E-state index in [2.05, 4.69) is 49.5 Å². The Bertz CT molecular complexity index is 845. The zero-order valence-electron chi connectivity index (χ0n) is 16.3. The molecule has 27 heavy (non-hydrogen) atoms. The van der Waals surface area contributed by atoms with E-state index in [0.29, 0.717) is 12.0 Å². The van der Waals surface area contributed by atoms with Crippen LogP contribution in [0.1, 0.15) is 45.1 Å². The number of hydrogen-bond acceptors (Lipinski definition) is 2. The van der Waals surface area contributed by atoms with Crippen LogP contribution in [-0.2, 0) is 10.2 Å². The molecule has 0 amide bonds. The van der Waals surface area contributed by atoms with E-state index < -0.39 is 0 Å². The molecule has 2 saturated heterocycles.